The Bertz CT molecular complexity index is 827. The van der Waals surface area contributed by atoms with Gasteiger partial charge < -0.3 is 9.84 Å². The zero-order chi connectivity index (χ0) is 16.4. The summed E-state index contributed by atoms with van der Waals surface area (Å²) in [6, 6.07) is 11.1. The minimum Gasteiger partial charge on any atom is -0.360 e. The molecule has 118 valence electrons. The smallest absolute Gasteiger partial charge is 0.257 e. The number of rotatable bonds is 4. The molecule has 1 atom stereocenters. The molecular formula is C17H15ClN2O2S. The van der Waals surface area contributed by atoms with Crippen LogP contribution in [0.4, 0.5) is 0 Å². The van der Waals surface area contributed by atoms with Gasteiger partial charge >= 0.3 is 0 Å². The van der Waals surface area contributed by atoms with Gasteiger partial charge in [0, 0.05) is 10.4 Å². The number of hydrogen-bond acceptors (Lipinski definition) is 4. The molecular weight excluding hydrogens is 332 g/mol. The van der Waals surface area contributed by atoms with E-state index in [0.29, 0.717) is 27.6 Å². The highest BCUT2D eigenvalue weighted by Gasteiger charge is 2.24. The molecule has 6 heteroatoms. The average molecular weight is 347 g/mol. The lowest BCUT2D eigenvalue weighted by Gasteiger charge is -2.12. The predicted molar refractivity (Wildman–Crippen MR) is 91.9 cm³/mol. The third kappa shape index (κ3) is 3.16. The van der Waals surface area contributed by atoms with E-state index in [1.54, 1.807) is 24.3 Å². The molecule has 1 unspecified atom stereocenters. The van der Waals surface area contributed by atoms with E-state index in [-0.39, 0.29) is 11.9 Å². The van der Waals surface area contributed by atoms with E-state index < -0.39 is 0 Å². The number of thiophene rings is 1. The summed E-state index contributed by atoms with van der Waals surface area (Å²) in [7, 11) is 0. The number of nitrogens with one attached hydrogen (secondary N) is 1. The van der Waals surface area contributed by atoms with Gasteiger partial charge in [-0.1, -0.05) is 41.0 Å². The molecule has 2 heterocycles. The number of amides is 1. The van der Waals surface area contributed by atoms with E-state index in [2.05, 4.69) is 10.5 Å². The van der Waals surface area contributed by atoms with Crippen LogP contribution in [0, 0.1) is 6.92 Å². The SMILES string of the molecule is Cc1onc(-c2ccccc2Cl)c1C(=O)NC(C)c1cccs1. The van der Waals surface area contributed by atoms with Gasteiger partial charge in [-0.05, 0) is 31.4 Å². The van der Waals surface area contributed by atoms with Gasteiger partial charge in [0.2, 0.25) is 0 Å². The quantitative estimate of drug-likeness (QED) is 0.734. The van der Waals surface area contributed by atoms with Crippen molar-refractivity contribution in [3.63, 3.8) is 0 Å². The minimum atomic E-state index is -0.223. The van der Waals surface area contributed by atoms with Gasteiger partial charge in [0.15, 0.2) is 0 Å². The Balaban J connectivity index is 1.93. The lowest BCUT2D eigenvalue weighted by molar-refractivity contribution is 0.0939. The summed E-state index contributed by atoms with van der Waals surface area (Å²) in [4.78, 5) is 13.8. The third-order valence-electron chi connectivity index (χ3n) is 3.54. The summed E-state index contributed by atoms with van der Waals surface area (Å²) >= 11 is 7.82. The highest BCUT2D eigenvalue weighted by molar-refractivity contribution is 7.10. The summed E-state index contributed by atoms with van der Waals surface area (Å²) in [5, 5.41) is 9.52. The number of aromatic nitrogens is 1. The van der Waals surface area contributed by atoms with Gasteiger partial charge in [-0.2, -0.15) is 0 Å². The molecule has 2 aromatic heterocycles. The lowest BCUT2D eigenvalue weighted by atomic mass is 10.1. The van der Waals surface area contributed by atoms with Crippen LogP contribution in [0.2, 0.25) is 5.02 Å². The maximum atomic E-state index is 12.7. The molecule has 1 aromatic carbocycles. The molecule has 0 bridgehead atoms. The van der Waals surface area contributed by atoms with Crippen LogP contribution < -0.4 is 5.32 Å². The number of carbonyl (C=O) groups is 1. The number of aryl methyl sites for hydroxylation is 1. The van der Waals surface area contributed by atoms with Gasteiger partial charge in [0.1, 0.15) is 17.0 Å². The van der Waals surface area contributed by atoms with Gasteiger partial charge in [0.05, 0.1) is 11.1 Å². The van der Waals surface area contributed by atoms with Crippen molar-refractivity contribution in [1.29, 1.82) is 0 Å². The molecule has 23 heavy (non-hydrogen) atoms. The first-order valence-corrected chi connectivity index (χ1v) is 8.39. The number of carbonyl (C=O) groups excluding carboxylic acids is 1. The van der Waals surface area contributed by atoms with Crippen molar-refractivity contribution in [2.24, 2.45) is 0 Å². The number of nitrogens with zero attached hydrogens (tertiary/aromatic N) is 1. The number of halogens is 1. The van der Waals surface area contributed by atoms with E-state index in [0.717, 1.165) is 4.88 Å². The fourth-order valence-corrected chi connectivity index (χ4v) is 3.31. The summed E-state index contributed by atoms with van der Waals surface area (Å²) in [6.45, 7) is 3.67. The van der Waals surface area contributed by atoms with Crippen LogP contribution in [0.5, 0.6) is 0 Å². The summed E-state index contributed by atoms with van der Waals surface area (Å²) < 4.78 is 5.23. The molecule has 1 N–H and O–H groups in total. The molecule has 0 saturated heterocycles. The molecule has 0 saturated carbocycles. The maximum absolute atomic E-state index is 12.7. The fraction of sp³-hybridized carbons (Fsp3) is 0.176. The average Bonchev–Trinajstić information content (AvgIpc) is 3.17. The zero-order valence-electron chi connectivity index (χ0n) is 12.7. The van der Waals surface area contributed by atoms with Crippen LogP contribution in [0.15, 0.2) is 46.3 Å². The Morgan fingerprint density at radius 1 is 1.30 bits per heavy atom. The summed E-state index contributed by atoms with van der Waals surface area (Å²) in [5.41, 5.74) is 1.56. The molecule has 0 aliphatic heterocycles. The van der Waals surface area contributed by atoms with E-state index in [4.69, 9.17) is 16.1 Å². The van der Waals surface area contributed by atoms with Crippen molar-refractivity contribution >= 4 is 28.8 Å². The van der Waals surface area contributed by atoms with E-state index in [9.17, 15) is 4.79 Å². The van der Waals surface area contributed by atoms with Crippen LogP contribution in [0.1, 0.15) is 34.0 Å². The Morgan fingerprint density at radius 2 is 2.09 bits per heavy atom. The molecule has 3 rings (SSSR count). The molecule has 4 nitrogen and oxygen atoms in total. The second kappa shape index (κ2) is 6.56. The van der Waals surface area contributed by atoms with Crippen molar-refractivity contribution in [2.45, 2.75) is 19.9 Å². The van der Waals surface area contributed by atoms with Gasteiger partial charge in [0.25, 0.3) is 5.91 Å². The largest absolute Gasteiger partial charge is 0.360 e. The Morgan fingerprint density at radius 3 is 2.78 bits per heavy atom. The van der Waals surface area contributed by atoms with Crippen LogP contribution >= 0.6 is 22.9 Å². The van der Waals surface area contributed by atoms with Crippen molar-refractivity contribution in [2.75, 3.05) is 0 Å². The lowest BCUT2D eigenvalue weighted by Crippen LogP contribution is -2.26. The highest BCUT2D eigenvalue weighted by Crippen LogP contribution is 2.31. The molecule has 0 radical (unpaired) electrons. The van der Waals surface area contributed by atoms with Crippen LogP contribution in [-0.4, -0.2) is 11.1 Å². The van der Waals surface area contributed by atoms with Crippen molar-refractivity contribution in [3.8, 4) is 11.3 Å². The van der Waals surface area contributed by atoms with Crippen molar-refractivity contribution in [1.82, 2.24) is 10.5 Å². The van der Waals surface area contributed by atoms with E-state index >= 15 is 0 Å². The van der Waals surface area contributed by atoms with Gasteiger partial charge in [-0.15, -0.1) is 11.3 Å². The third-order valence-corrected chi connectivity index (χ3v) is 4.92. The van der Waals surface area contributed by atoms with Gasteiger partial charge in [-0.3, -0.25) is 4.79 Å². The van der Waals surface area contributed by atoms with E-state index in [1.165, 1.54) is 0 Å². The van der Waals surface area contributed by atoms with Gasteiger partial charge in [-0.25, -0.2) is 0 Å². The maximum Gasteiger partial charge on any atom is 0.257 e. The fourth-order valence-electron chi connectivity index (χ4n) is 2.35. The Kier molecular flexibility index (Phi) is 4.50. The minimum absolute atomic E-state index is 0.0871. The zero-order valence-corrected chi connectivity index (χ0v) is 14.2. The first-order valence-electron chi connectivity index (χ1n) is 7.13. The molecule has 0 aliphatic carbocycles. The Labute approximate surface area is 143 Å². The molecule has 0 spiro atoms. The highest BCUT2D eigenvalue weighted by atomic mass is 35.5. The van der Waals surface area contributed by atoms with Crippen LogP contribution in [-0.2, 0) is 0 Å². The van der Waals surface area contributed by atoms with Crippen LogP contribution in [0.3, 0.4) is 0 Å². The first-order chi connectivity index (χ1) is 11.1. The summed E-state index contributed by atoms with van der Waals surface area (Å²) in [5.74, 6) is 0.246. The van der Waals surface area contributed by atoms with Crippen molar-refractivity contribution < 1.29 is 9.32 Å². The predicted octanol–water partition coefficient (Wildman–Crippen LogP) is 4.86. The standard InChI is InChI=1S/C17H15ClN2O2S/c1-10(14-8-5-9-23-14)19-17(21)15-11(2)22-20-16(15)12-6-3-4-7-13(12)18/h3-10H,1-2H3,(H,19,21). The first kappa shape index (κ1) is 15.8. The summed E-state index contributed by atoms with van der Waals surface area (Å²) in [6.07, 6.45) is 0. The molecule has 1 amide bonds. The normalized spacial score (nSPS) is 12.1. The second-order valence-electron chi connectivity index (χ2n) is 5.15. The monoisotopic (exact) mass is 346 g/mol. The number of hydrogen-bond donors (Lipinski definition) is 1. The van der Waals surface area contributed by atoms with E-state index in [1.807, 2.05) is 42.6 Å². The molecule has 0 fully saturated rings. The van der Waals surface area contributed by atoms with Crippen LogP contribution in [0.25, 0.3) is 11.3 Å². The second-order valence-corrected chi connectivity index (χ2v) is 6.54. The Hall–Kier alpha value is -2.11. The topological polar surface area (TPSA) is 55.1 Å². The van der Waals surface area contributed by atoms with Crippen molar-refractivity contribution in [3.05, 3.63) is 63.0 Å². The molecule has 3 aromatic rings. The molecule has 0 aliphatic rings. The number of benzene rings is 1.